The van der Waals surface area contributed by atoms with Crippen LogP contribution in [0.15, 0.2) is 40.8 Å². The first-order valence-electron chi connectivity index (χ1n) is 8.31. The van der Waals surface area contributed by atoms with E-state index in [2.05, 4.69) is 53.7 Å². The zero-order chi connectivity index (χ0) is 17.7. The first-order chi connectivity index (χ1) is 11.1. The van der Waals surface area contributed by atoms with E-state index < -0.39 is 0 Å². The maximum Gasteiger partial charge on any atom is 0.227 e. The normalized spacial score (nSPS) is 12.8. The van der Waals surface area contributed by atoms with Crippen LogP contribution < -0.4 is 0 Å². The quantitative estimate of drug-likeness (QED) is 0.616. The predicted octanol–water partition coefficient (Wildman–Crippen LogP) is 5.80. The number of oxazole rings is 1. The van der Waals surface area contributed by atoms with Crippen molar-refractivity contribution >= 4 is 11.1 Å². The fraction of sp³-hybridized carbons (Fsp3) is 0.381. The molecule has 1 aromatic heterocycles. The minimum Gasteiger partial charge on any atom is -0.508 e. The molecule has 0 aliphatic carbocycles. The van der Waals surface area contributed by atoms with Crippen molar-refractivity contribution in [3.63, 3.8) is 0 Å². The van der Waals surface area contributed by atoms with Crippen LogP contribution in [-0.4, -0.2) is 10.1 Å². The molecule has 0 amide bonds. The molecule has 0 radical (unpaired) electrons. The number of hydrogen-bond acceptors (Lipinski definition) is 3. The molecule has 0 unspecified atom stereocenters. The number of fused-ring (bicyclic) bond motifs is 1. The molecule has 0 fully saturated rings. The number of nitrogens with zero attached hydrogens (tertiary/aromatic N) is 1. The monoisotopic (exact) mass is 323 g/mol. The second kappa shape index (κ2) is 5.37. The largest absolute Gasteiger partial charge is 0.508 e. The van der Waals surface area contributed by atoms with Gasteiger partial charge in [0.05, 0.1) is 0 Å². The van der Waals surface area contributed by atoms with Crippen molar-refractivity contribution in [2.24, 2.45) is 0 Å². The fourth-order valence-corrected chi connectivity index (χ4v) is 2.75. The summed E-state index contributed by atoms with van der Waals surface area (Å²) in [7, 11) is 0. The van der Waals surface area contributed by atoms with Crippen molar-refractivity contribution in [2.45, 2.75) is 52.4 Å². The summed E-state index contributed by atoms with van der Waals surface area (Å²) in [6.45, 7) is 13.2. The van der Waals surface area contributed by atoms with Gasteiger partial charge >= 0.3 is 0 Å². The predicted molar refractivity (Wildman–Crippen MR) is 98.5 cm³/mol. The van der Waals surface area contributed by atoms with Gasteiger partial charge in [0.15, 0.2) is 5.58 Å². The van der Waals surface area contributed by atoms with Crippen molar-refractivity contribution in [2.75, 3.05) is 0 Å². The molecule has 24 heavy (non-hydrogen) atoms. The van der Waals surface area contributed by atoms with Crippen LogP contribution in [0.1, 0.15) is 52.7 Å². The van der Waals surface area contributed by atoms with Crippen molar-refractivity contribution in [1.29, 1.82) is 0 Å². The smallest absolute Gasteiger partial charge is 0.227 e. The van der Waals surface area contributed by atoms with E-state index in [1.165, 1.54) is 11.1 Å². The molecule has 2 aromatic carbocycles. The Morgan fingerprint density at radius 1 is 0.875 bits per heavy atom. The van der Waals surface area contributed by atoms with Crippen molar-refractivity contribution < 1.29 is 9.52 Å². The van der Waals surface area contributed by atoms with Gasteiger partial charge in [-0.1, -0.05) is 47.6 Å². The van der Waals surface area contributed by atoms with Gasteiger partial charge in [0.1, 0.15) is 11.3 Å². The summed E-state index contributed by atoms with van der Waals surface area (Å²) in [6, 6.07) is 11.3. The van der Waals surface area contributed by atoms with Crippen LogP contribution in [-0.2, 0) is 10.8 Å². The summed E-state index contributed by atoms with van der Waals surface area (Å²) in [5.74, 6) is 0.821. The van der Waals surface area contributed by atoms with Crippen molar-refractivity contribution in [1.82, 2.24) is 4.98 Å². The fourth-order valence-electron chi connectivity index (χ4n) is 2.75. The first kappa shape index (κ1) is 16.6. The standard InChI is InChI=1S/C21H25NO2/c1-20(2,3)14-11-16(21(4,5)6)18-17(12-14)22-19(24-18)13-7-9-15(23)10-8-13/h7-12,23H,1-6H3. The van der Waals surface area contributed by atoms with Gasteiger partial charge < -0.3 is 9.52 Å². The SMILES string of the molecule is CC(C)(C)c1cc(C(C)(C)C)c2oc(-c3ccc(O)cc3)nc2c1. The molecule has 0 saturated carbocycles. The highest BCUT2D eigenvalue weighted by Crippen LogP contribution is 2.37. The first-order valence-corrected chi connectivity index (χ1v) is 8.31. The molecule has 126 valence electrons. The molecule has 0 spiro atoms. The van der Waals surface area contributed by atoms with E-state index in [0.29, 0.717) is 5.89 Å². The van der Waals surface area contributed by atoms with Crippen LogP contribution in [0.2, 0.25) is 0 Å². The van der Waals surface area contributed by atoms with E-state index in [1.54, 1.807) is 12.1 Å². The molecule has 0 bridgehead atoms. The number of phenolic OH excluding ortho intramolecular Hbond substituents is 1. The van der Waals surface area contributed by atoms with Crippen LogP contribution in [0.3, 0.4) is 0 Å². The molecular formula is C21H25NO2. The summed E-state index contributed by atoms with van der Waals surface area (Å²) < 4.78 is 6.13. The Morgan fingerprint density at radius 3 is 2.04 bits per heavy atom. The third-order valence-corrected chi connectivity index (χ3v) is 4.28. The summed E-state index contributed by atoms with van der Waals surface area (Å²) in [6.07, 6.45) is 0. The summed E-state index contributed by atoms with van der Waals surface area (Å²) in [4.78, 5) is 4.71. The Labute approximate surface area is 143 Å². The third-order valence-electron chi connectivity index (χ3n) is 4.28. The number of aromatic nitrogens is 1. The van der Waals surface area contributed by atoms with Crippen LogP contribution in [0, 0.1) is 0 Å². The highest BCUT2D eigenvalue weighted by atomic mass is 16.3. The molecular weight excluding hydrogens is 298 g/mol. The Balaban J connectivity index is 2.26. The molecule has 0 aliphatic rings. The topological polar surface area (TPSA) is 46.3 Å². The molecule has 0 aliphatic heterocycles. The van der Waals surface area contributed by atoms with E-state index in [1.807, 2.05) is 12.1 Å². The van der Waals surface area contributed by atoms with Gasteiger partial charge in [-0.3, -0.25) is 0 Å². The van der Waals surface area contributed by atoms with E-state index in [0.717, 1.165) is 16.7 Å². The molecule has 3 nitrogen and oxygen atoms in total. The molecule has 0 atom stereocenters. The van der Waals surface area contributed by atoms with Gasteiger partial charge in [0.25, 0.3) is 0 Å². The van der Waals surface area contributed by atoms with E-state index >= 15 is 0 Å². The molecule has 3 rings (SSSR count). The second-order valence-corrected chi connectivity index (χ2v) is 8.44. The van der Waals surface area contributed by atoms with E-state index in [4.69, 9.17) is 9.40 Å². The molecule has 1 heterocycles. The van der Waals surface area contributed by atoms with Crippen LogP contribution >= 0.6 is 0 Å². The lowest BCUT2D eigenvalue weighted by Crippen LogP contribution is -2.16. The Hall–Kier alpha value is -2.29. The average Bonchev–Trinajstić information content (AvgIpc) is 2.88. The zero-order valence-corrected chi connectivity index (χ0v) is 15.3. The van der Waals surface area contributed by atoms with Gasteiger partial charge in [0.2, 0.25) is 5.89 Å². The van der Waals surface area contributed by atoms with Crippen LogP contribution in [0.4, 0.5) is 0 Å². The van der Waals surface area contributed by atoms with E-state index in [-0.39, 0.29) is 16.6 Å². The van der Waals surface area contributed by atoms with Crippen LogP contribution in [0.25, 0.3) is 22.6 Å². The van der Waals surface area contributed by atoms with Gasteiger partial charge in [-0.15, -0.1) is 0 Å². The maximum atomic E-state index is 9.47. The van der Waals surface area contributed by atoms with Gasteiger partial charge in [-0.2, -0.15) is 0 Å². The summed E-state index contributed by atoms with van der Waals surface area (Å²) in [5.41, 5.74) is 5.03. The second-order valence-electron chi connectivity index (χ2n) is 8.44. The molecule has 0 saturated heterocycles. The minimum absolute atomic E-state index is 0.0364. The number of aromatic hydroxyl groups is 1. The highest BCUT2D eigenvalue weighted by Gasteiger charge is 2.25. The Bertz CT molecular complexity index is 875. The summed E-state index contributed by atoms with van der Waals surface area (Å²) >= 11 is 0. The molecule has 1 N–H and O–H groups in total. The van der Waals surface area contributed by atoms with E-state index in [9.17, 15) is 5.11 Å². The lowest BCUT2D eigenvalue weighted by molar-refractivity contribution is 0.475. The number of benzene rings is 2. The van der Waals surface area contributed by atoms with Crippen LogP contribution in [0.5, 0.6) is 5.75 Å². The summed E-state index contributed by atoms with van der Waals surface area (Å²) in [5, 5.41) is 9.47. The van der Waals surface area contributed by atoms with Gasteiger partial charge in [-0.05, 0) is 46.7 Å². The van der Waals surface area contributed by atoms with Crippen molar-refractivity contribution in [3.05, 3.63) is 47.5 Å². The maximum absolute atomic E-state index is 9.47. The average molecular weight is 323 g/mol. The Kier molecular flexibility index (Phi) is 3.71. The third kappa shape index (κ3) is 3.03. The van der Waals surface area contributed by atoms with Gasteiger partial charge in [0, 0.05) is 11.1 Å². The lowest BCUT2D eigenvalue weighted by atomic mass is 9.80. The van der Waals surface area contributed by atoms with Gasteiger partial charge in [-0.25, -0.2) is 4.98 Å². The van der Waals surface area contributed by atoms with Crippen molar-refractivity contribution in [3.8, 4) is 17.2 Å². The Morgan fingerprint density at radius 2 is 1.50 bits per heavy atom. The number of hydrogen-bond donors (Lipinski definition) is 1. The number of rotatable bonds is 1. The minimum atomic E-state index is -0.0364. The highest BCUT2D eigenvalue weighted by molar-refractivity contribution is 5.81. The number of phenols is 1. The lowest BCUT2D eigenvalue weighted by Gasteiger charge is -2.24. The zero-order valence-electron chi connectivity index (χ0n) is 15.3. The molecule has 3 aromatic rings. The molecule has 3 heteroatoms.